The average molecular weight is 382 g/mol. The van der Waals surface area contributed by atoms with Gasteiger partial charge in [-0.3, -0.25) is 10.1 Å². The summed E-state index contributed by atoms with van der Waals surface area (Å²) in [6.07, 6.45) is 1.40. The quantitative estimate of drug-likeness (QED) is 0.292. The summed E-state index contributed by atoms with van der Waals surface area (Å²) in [4.78, 5) is 23.7. The monoisotopic (exact) mass is 382 g/mol. The van der Waals surface area contributed by atoms with Crippen LogP contribution in [0.2, 0.25) is 0 Å². The molecule has 8 heteroatoms. The highest BCUT2D eigenvalue weighted by atomic mass is 16.6. The standard InChI is InChI=1S/C20H18N2O6/c1-3-27-20(23)17-14(12-6-8-13(26-2)9-7-12)11-15(16-5-4-10-28-16)19(18(17)21)22(24)25/h4-11H,3,21H2,1-2H3. The molecule has 1 aromatic heterocycles. The van der Waals surface area contributed by atoms with Gasteiger partial charge in [0.1, 0.15) is 17.2 Å². The van der Waals surface area contributed by atoms with Gasteiger partial charge in [-0.1, -0.05) is 12.1 Å². The van der Waals surface area contributed by atoms with E-state index in [-0.39, 0.29) is 29.2 Å². The molecule has 0 aliphatic rings. The molecule has 0 spiro atoms. The van der Waals surface area contributed by atoms with Crippen LogP contribution in [0.4, 0.5) is 11.4 Å². The van der Waals surface area contributed by atoms with Gasteiger partial charge >= 0.3 is 11.7 Å². The van der Waals surface area contributed by atoms with E-state index in [1.54, 1.807) is 43.3 Å². The molecule has 0 radical (unpaired) electrons. The van der Waals surface area contributed by atoms with Crippen molar-refractivity contribution in [1.29, 1.82) is 0 Å². The Morgan fingerprint density at radius 2 is 1.93 bits per heavy atom. The van der Waals surface area contributed by atoms with Crippen molar-refractivity contribution in [2.45, 2.75) is 6.92 Å². The average Bonchev–Trinajstić information content (AvgIpc) is 3.21. The lowest BCUT2D eigenvalue weighted by atomic mass is 9.93. The van der Waals surface area contributed by atoms with Crippen LogP contribution < -0.4 is 10.5 Å². The lowest BCUT2D eigenvalue weighted by molar-refractivity contribution is -0.383. The molecule has 0 atom stereocenters. The lowest BCUT2D eigenvalue weighted by Crippen LogP contribution is -2.12. The maximum atomic E-state index is 12.6. The summed E-state index contributed by atoms with van der Waals surface area (Å²) in [7, 11) is 1.54. The summed E-state index contributed by atoms with van der Waals surface area (Å²) in [6.45, 7) is 1.75. The van der Waals surface area contributed by atoms with Crippen molar-refractivity contribution in [1.82, 2.24) is 0 Å². The zero-order chi connectivity index (χ0) is 20.3. The number of carbonyl (C=O) groups excluding carboxylic acids is 1. The van der Waals surface area contributed by atoms with Gasteiger partial charge in [-0.2, -0.15) is 0 Å². The van der Waals surface area contributed by atoms with E-state index < -0.39 is 16.6 Å². The van der Waals surface area contributed by atoms with Crippen LogP contribution >= 0.6 is 0 Å². The van der Waals surface area contributed by atoms with Crippen LogP contribution in [0.1, 0.15) is 17.3 Å². The first kappa shape index (κ1) is 19.0. The number of nitrogen functional groups attached to an aromatic ring is 1. The SMILES string of the molecule is CCOC(=O)c1c(-c2ccc(OC)cc2)cc(-c2ccco2)c([N+](=O)[O-])c1N. The fraction of sp³-hybridized carbons (Fsp3) is 0.150. The molecule has 0 saturated heterocycles. The molecule has 3 aromatic rings. The van der Waals surface area contributed by atoms with Gasteiger partial charge in [0.05, 0.1) is 36.0 Å². The van der Waals surface area contributed by atoms with Crippen LogP contribution in [0, 0.1) is 10.1 Å². The Morgan fingerprint density at radius 1 is 1.21 bits per heavy atom. The van der Waals surface area contributed by atoms with Gasteiger partial charge in [0.15, 0.2) is 0 Å². The van der Waals surface area contributed by atoms with E-state index in [4.69, 9.17) is 19.6 Å². The van der Waals surface area contributed by atoms with E-state index in [1.807, 2.05) is 0 Å². The number of hydrogen-bond acceptors (Lipinski definition) is 7. The fourth-order valence-electron chi connectivity index (χ4n) is 2.93. The van der Waals surface area contributed by atoms with Crippen molar-refractivity contribution < 1.29 is 23.6 Å². The number of ether oxygens (including phenoxy) is 2. The molecule has 3 rings (SSSR count). The Bertz CT molecular complexity index is 1010. The third-order valence-electron chi connectivity index (χ3n) is 4.19. The van der Waals surface area contributed by atoms with E-state index in [0.29, 0.717) is 16.9 Å². The number of hydrogen-bond donors (Lipinski definition) is 1. The van der Waals surface area contributed by atoms with Gasteiger partial charge < -0.3 is 19.6 Å². The van der Waals surface area contributed by atoms with Gasteiger partial charge in [-0.25, -0.2) is 4.79 Å². The smallest absolute Gasteiger partial charge is 0.341 e. The first-order chi connectivity index (χ1) is 13.5. The van der Waals surface area contributed by atoms with Gasteiger partial charge in [-0.05, 0) is 48.4 Å². The third kappa shape index (κ3) is 3.39. The molecule has 0 bridgehead atoms. The van der Waals surface area contributed by atoms with Crippen molar-refractivity contribution in [2.24, 2.45) is 0 Å². The van der Waals surface area contributed by atoms with E-state index >= 15 is 0 Å². The van der Waals surface area contributed by atoms with Gasteiger partial charge in [0, 0.05) is 0 Å². The number of furan rings is 1. The number of carbonyl (C=O) groups is 1. The Labute approximate surface area is 160 Å². The maximum absolute atomic E-state index is 12.6. The Hall–Kier alpha value is -3.81. The first-order valence-corrected chi connectivity index (χ1v) is 8.44. The predicted molar refractivity (Wildman–Crippen MR) is 103 cm³/mol. The summed E-state index contributed by atoms with van der Waals surface area (Å²) < 4.78 is 15.6. The van der Waals surface area contributed by atoms with Crippen molar-refractivity contribution in [3.05, 3.63) is 64.4 Å². The summed E-state index contributed by atoms with van der Waals surface area (Å²) in [5.74, 6) is 0.158. The summed E-state index contributed by atoms with van der Waals surface area (Å²) >= 11 is 0. The molecule has 0 aliphatic heterocycles. The summed E-state index contributed by atoms with van der Waals surface area (Å²) in [5.41, 5.74) is 6.56. The molecule has 0 amide bonds. The van der Waals surface area contributed by atoms with Crippen LogP contribution in [0.3, 0.4) is 0 Å². The van der Waals surface area contributed by atoms with E-state index in [9.17, 15) is 14.9 Å². The molecule has 2 aromatic carbocycles. The largest absolute Gasteiger partial charge is 0.497 e. The second kappa shape index (κ2) is 7.83. The van der Waals surface area contributed by atoms with Gasteiger partial charge in [0.2, 0.25) is 0 Å². The molecule has 0 saturated carbocycles. The number of esters is 1. The van der Waals surface area contributed by atoms with Crippen molar-refractivity contribution >= 4 is 17.3 Å². The van der Waals surface area contributed by atoms with Crippen molar-refractivity contribution in [3.63, 3.8) is 0 Å². The highest BCUT2D eigenvalue weighted by Gasteiger charge is 2.30. The normalized spacial score (nSPS) is 10.5. The number of nitro groups is 1. The van der Waals surface area contributed by atoms with Crippen molar-refractivity contribution in [3.8, 4) is 28.2 Å². The molecule has 0 fully saturated rings. The minimum absolute atomic E-state index is 0.0611. The molecule has 2 N–H and O–H groups in total. The molecular formula is C20H18N2O6. The zero-order valence-corrected chi connectivity index (χ0v) is 15.3. The highest BCUT2D eigenvalue weighted by Crippen LogP contribution is 2.43. The zero-order valence-electron chi connectivity index (χ0n) is 15.3. The van der Waals surface area contributed by atoms with Gasteiger partial charge in [0.25, 0.3) is 0 Å². The van der Waals surface area contributed by atoms with E-state index in [2.05, 4.69) is 0 Å². The number of anilines is 1. The number of nitrogens with zero attached hydrogens (tertiary/aromatic N) is 1. The summed E-state index contributed by atoms with van der Waals surface area (Å²) in [6, 6.07) is 11.6. The number of benzene rings is 2. The van der Waals surface area contributed by atoms with E-state index in [0.717, 1.165) is 0 Å². The minimum atomic E-state index is -0.736. The number of rotatable bonds is 6. The number of methoxy groups -OCH3 is 1. The second-order valence-electron chi connectivity index (χ2n) is 5.79. The molecule has 0 aliphatic carbocycles. The fourth-order valence-corrected chi connectivity index (χ4v) is 2.93. The number of nitrogens with two attached hydrogens (primary N) is 1. The van der Waals surface area contributed by atoms with Crippen LogP contribution in [0.15, 0.2) is 53.1 Å². The minimum Gasteiger partial charge on any atom is -0.497 e. The van der Waals surface area contributed by atoms with Gasteiger partial charge in [-0.15, -0.1) is 0 Å². The van der Waals surface area contributed by atoms with Crippen LogP contribution in [0.25, 0.3) is 22.5 Å². The third-order valence-corrected chi connectivity index (χ3v) is 4.19. The molecule has 144 valence electrons. The second-order valence-corrected chi connectivity index (χ2v) is 5.79. The first-order valence-electron chi connectivity index (χ1n) is 8.44. The predicted octanol–water partition coefficient (Wildman–Crippen LogP) is 4.29. The Balaban J connectivity index is 2.34. The molecule has 0 unspecified atom stereocenters. The molecule has 28 heavy (non-hydrogen) atoms. The number of nitro benzene ring substituents is 1. The molecule has 1 heterocycles. The Morgan fingerprint density at radius 3 is 2.46 bits per heavy atom. The highest BCUT2D eigenvalue weighted by molar-refractivity contribution is 6.07. The summed E-state index contributed by atoms with van der Waals surface area (Å²) in [5, 5.41) is 11.7. The topological polar surface area (TPSA) is 118 Å². The maximum Gasteiger partial charge on any atom is 0.341 e. The van der Waals surface area contributed by atoms with E-state index in [1.165, 1.54) is 19.4 Å². The lowest BCUT2D eigenvalue weighted by Gasteiger charge is -2.15. The van der Waals surface area contributed by atoms with Crippen LogP contribution in [-0.4, -0.2) is 24.6 Å². The van der Waals surface area contributed by atoms with Crippen LogP contribution in [-0.2, 0) is 4.74 Å². The van der Waals surface area contributed by atoms with Crippen molar-refractivity contribution in [2.75, 3.05) is 19.5 Å². The molecular weight excluding hydrogens is 364 g/mol. The Kier molecular flexibility index (Phi) is 5.30. The van der Waals surface area contributed by atoms with Crippen LogP contribution in [0.5, 0.6) is 5.75 Å². The molecule has 8 nitrogen and oxygen atoms in total.